The van der Waals surface area contributed by atoms with Crippen LogP contribution in [0.5, 0.6) is 17.2 Å². The van der Waals surface area contributed by atoms with E-state index in [-0.39, 0.29) is 77.4 Å². The van der Waals surface area contributed by atoms with E-state index in [2.05, 4.69) is 5.32 Å². The molecule has 16 heteroatoms. The van der Waals surface area contributed by atoms with Gasteiger partial charge in [0, 0.05) is 93.0 Å². The van der Waals surface area contributed by atoms with Crippen LogP contribution in [0.25, 0.3) is 10.8 Å². The number of carbonyl (C=O) groups excluding carboxylic acids is 4. The zero-order chi connectivity index (χ0) is 44.4. The zero-order valence-corrected chi connectivity index (χ0v) is 36.0. The summed E-state index contributed by atoms with van der Waals surface area (Å²) in [5.41, 5.74) is 0.730. The number of ether oxygens (including phenoxy) is 5. The molecule has 0 aliphatic carbocycles. The lowest BCUT2D eigenvalue weighted by Crippen LogP contribution is -2.49. The number of anilines is 2. The first-order valence-corrected chi connectivity index (χ1v) is 20.3. The van der Waals surface area contributed by atoms with E-state index in [1.807, 2.05) is 4.90 Å². The number of nitrogens with zero attached hydrogens (tertiary/aromatic N) is 2. The molecule has 0 saturated carbocycles. The predicted octanol–water partition coefficient (Wildman–Crippen LogP) is 5.33. The van der Waals surface area contributed by atoms with Crippen LogP contribution in [-0.2, 0) is 28.5 Å². The number of carbonyl (C=O) groups is 4. The van der Waals surface area contributed by atoms with Gasteiger partial charge < -0.3 is 59.2 Å². The van der Waals surface area contributed by atoms with Crippen molar-refractivity contribution in [2.45, 2.75) is 92.5 Å². The summed E-state index contributed by atoms with van der Waals surface area (Å²) < 4.78 is 29.1. The summed E-state index contributed by atoms with van der Waals surface area (Å²) in [7, 11) is 1.45. The van der Waals surface area contributed by atoms with Crippen molar-refractivity contribution in [2.24, 2.45) is 23.7 Å². The number of Topliss-reactive ketones (excluding diaryl/α,β-unsaturated/α-hetero) is 1. The van der Waals surface area contributed by atoms with Gasteiger partial charge in [0.2, 0.25) is 0 Å². The van der Waals surface area contributed by atoms with Gasteiger partial charge >= 0.3 is 17.8 Å². The molecule has 5 bridgehead atoms. The number of piperazine rings is 1. The first kappa shape index (κ1) is 45.8. The lowest BCUT2D eigenvalue weighted by Gasteiger charge is -2.38. The van der Waals surface area contributed by atoms with E-state index in [1.165, 1.54) is 52.4 Å². The normalized spacial score (nSPS) is 31.2. The minimum atomic E-state index is -1.97. The standard InChI is InChI=1S/C44H59N3O13/c1-11-57-43(55)47-18-16-46(17-19-47)30-21-29-38(52)33-32(30)34-40(27(7)37(33)51)60-44(9,41(34)53)58-20-15-31(56-10)24(4)39(59-28(8)48)26(6)36(50)25(5)35(49)22(2)13-12-14-23(3)42(54)45-29/h12-15,20-22,24-26,31,35-36,39,49-52H,11,16-19H2,1-10H3,(H,45,54)/b13-12+,20-15+,23-14-. The molecule has 6 rings (SSSR count). The molecule has 9 unspecified atom stereocenters. The highest BCUT2D eigenvalue weighted by Gasteiger charge is 2.50. The topological polar surface area (TPSA) is 214 Å². The number of esters is 1. The lowest BCUT2D eigenvalue weighted by molar-refractivity contribution is -0.160. The Bertz CT molecular complexity index is 2070. The number of fused-ring (bicyclic) bond motifs is 14. The summed E-state index contributed by atoms with van der Waals surface area (Å²) in [6, 6.07) is 1.52. The smallest absolute Gasteiger partial charge is 0.409 e. The summed E-state index contributed by atoms with van der Waals surface area (Å²) >= 11 is 0. The molecule has 0 spiro atoms. The van der Waals surface area contributed by atoms with E-state index in [1.54, 1.807) is 58.6 Å². The Labute approximate surface area is 350 Å². The van der Waals surface area contributed by atoms with Gasteiger partial charge in [-0.1, -0.05) is 45.9 Å². The number of aliphatic hydroxyl groups is 2. The monoisotopic (exact) mass is 837 g/mol. The van der Waals surface area contributed by atoms with Crippen molar-refractivity contribution in [3.05, 3.63) is 53.3 Å². The molecule has 1 saturated heterocycles. The Hall–Kier alpha value is -5.32. The Morgan fingerprint density at radius 2 is 1.62 bits per heavy atom. The first-order chi connectivity index (χ1) is 28.3. The van der Waals surface area contributed by atoms with Gasteiger partial charge in [-0.15, -0.1) is 0 Å². The molecule has 0 radical (unpaired) electrons. The number of allylic oxidation sites excluding steroid dienone is 2. The Kier molecular flexibility index (Phi) is 14.1. The van der Waals surface area contributed by atoms with Crippen molar-refractivity contribution < 1.29 is 63.3 Å². The molecule has 4 aliphatic heterocycles. The van der Waals surface area contributed by atoms with Gasteiger partial charge in [-0.25, -0.2) is 4.79 Å². The summed E-state index contributed by atoms with van der Waals surface area (Å²) in [6.07, 6.45) is 3.33. The number of hydrogen-bond acceptors (Lipinski definition) is 14. The Balaban J connectivity index is 1.68. The van der Waals surface area contributed by atoms with Crippen LogP contribution in [-0.4, -0.2) is 119 Å². The van der Waals surface area contributed by atoms with Crippen LogP contribution < -0.4 is 15.0 Å². The molecule has 9 atom stereocenters. The molecular weight excluding hydrogens is 778 g/mol. The third-order valence-corrected chi connectivity index (χ3v) is 12.0. The SMILES string of the molecule is CCOC(=O)N1CCN(c2cc3c(O)c4c(O)c(C)c5c(c24)C(=O)C(C)(O/C=C/C(OC)C(C)C(OC(C)=O)C(C)C(O)C(C)C(O)C(C)/C=C/C=C(/C)C(=O)N3)O5)CC1. The molecular formula is C44H59N3O13. The summed E-state index contributed by atoms with van der Waals surface area (Å²) in [6.45, 7) is 15.7. The van der Waals surface area contributed by atoms with E-state index < -0.39 is 83.4 Å². The van der Waals surface area contributed by atoms with E-state index in [0.717, 1.165) is 0 Å². The maximum absolute atomic E-state index is 14.6. The number of hydrogen-bond donors (Lipinski definition) is 5. The maximum atomic E-state index is 14.6. The molecule has 4 aliphatic rings. The second-order valence-corrected chi connectivity index (χ2v) is 16.1. The highest BCUT2D eigenvalue weighted by molar-refractivity contribution is 6.23. The fraction of sp³-hybridized carbons (Fsp3) is 0.545. The van der Waals surface area contributed by atoms with Crippen molar-refractivity contribution in [3.63, 3.8) is 0 Å². The number of phenolic OH excluding ortho intramolecular Hbond substituents is 2. The molecule has 4 heterocycles. The number of benzene rings is 2. The lowest BCUT2D eigenvalue weighted by atomic mass is 9.78. The number of aromatic hydroxyl groups is 2. The summed E-state index contributed by atoms with van der Waals surface area (Å²) in [5.74, 6) is -7.04. The van der Waals surface area contributed by atoms with E-state index in [4.69, 9.17) is 23.7 Å². The molecule has 2 aromatic carbocycles. The van der Waals surface area contributed by atoms with Crippen LogP contribution in [0, 0.1) is 30.6 Å². The molecule has 2 amide bonds. The van der Waals surface area contributed by atoms with E-state index in [0.29, 0.717) is 5.69 Å². The van der Waals surface area contributed by atoms with Crippen LogP contribution >= 0.6 is 0 Å². The summed E-state index contributed by atoms with van der Waals surface area (Å²) in [5, 5.41) is 49.3. The van der Waals surface area contributed by atoms with Crippen molar-refractivity contribution in [2.75, 3.05) is 50.1 Å². The third-order valence-electron chi connectivity index (χ3n) is 12.0. The van der Waals surface area contributed by atoms with Crippen molar-refractivity contribution in [1.82, 2.24) is 4.90 Å². The fourth-order valence-corrected chi connectivity index (χ4v) is 8.24. The van der Waals surface area contributed by atoms with E-state index >= 15 is 0 Å². The van der Waals surface area contributed by atoms with Crippen LogP contribution in [0.15, 0.2) is 42.2 Å². The van der Waals surface area contributed by atoms with Crippen molar-refractivity contribution in [3.8, 4) is 17.2 Å². The molecule has 0 aromatic heterocycles. The number of rotatable bonds is 4. The van der Waals surface area contributed by atoms with Crippen LogP contribution in [0.3, 0.4) is 0 Å². The van der Waals surface area contributed by atoms with Gasteiger partial charge in [-0.05, 0) is 32.9 Å². The van der Waals surface area contributed by atoms with E-state index in [9.17, 15) is 39.6 Å². The maximum Gasteiger partial charge on any atom is 0.409 e. The van der Waals surface area contributed by atoms with Crippen molar-refractivity contribution in [1.29, 1.82) is 0 Å². The van der Waals surface area contributed by atoms with Crippen LogP contribution in [0.4, 0.5) is 16.2 Å². The van der Waals surface area contributed by atoms with Crippen LogP contribution in [0.2, 0.25) is 0 Å². The molecule has 2 aromatic rings. The average Bonchev–Trinajstić information content (AvgIpc) is 3.48. The second-order valence-electron chi connectivity index (χ2n) is 16.1. The molecule has 1 fully saturated rings. The molecule has 328 valence electrons. The number of amides is 2. The van der Waals surface area contributed by atoms with Gasteiger partial charge in [0.1, 0.15) is 17.6 Å². The zero-order valence-electron chi connectivity index (χ0n) is 36.0. The Morgan fingerprint density at radius 3 is 2.23 bits per heavy atom. The second kappa shape index (κ2) is 18.5. The Morgan fingerprint density at radius 1 is 0.950 bits per heavy atom. The number of ketones is 1. The summed E-state index contributed by atoms with van der Waals surface area (Å²) in [4.78, 5) is 56.7. The van der Waals surface area contributed by atoms with Gasteiger partial charge in [0.15, 0.2) is 5.75 Å². The van der Waals surface area contributed by atoms with Crippen LogP contribution in [0.1, 0.15) is 71.3 Å². The number of nitrogens with one attached hydrogen (secondary N) is 1. The van der Waals surface area contributed by atoms with Gasteiger partial charge in [0.05, 0.1) is 47.8 Å². The number of phenols is 2. The largest absolute Gasteiger partial charge is 0.507 e. The minimum absolute atomic E-state index is 0.0273. The number of aliphatic hydroxyl groups excluding tert-OH is 2. The molecule has 5 N–H and O–H groups in total. The molecule has 60 heavy (non-hydrogen) atoms. The predicted molar refractivity (Wildman–Crippen MR) is 223 cm³/mol. The van der Waals surface area contributed by atoms with Crippen molar-refractivity contribution >= 4 is 45.9 Å². The minimum Gasteiger partial charge on any atom is -0.507 e. The highest BCUT2D eigenvalue weighted by Crippen LogP contribution is 2.54. The average molecular weight is 838 g/mol. The fourth-order valence-electron chi connectivity index (χ4n) is 8.24. The third kappa shape index (κ3) is 8.91. The first-order valence-electron chi connectivity index (χ1n) is 20.3. The quantitative estimate of drug-likeness (QED) is 0.195. The number of methoxy groups -OCH3 is 1. The highest BCUT2D eigenvalue weighted by atomic mass is 16.7. The van der Waals surface area contributed by atoms with Gasteiger partial charge in [0.25, 0.3) is 11.7 Å². The van der Waals surface area contributed by atoms with Gasteiger partial charge in [-0.2, -0.15) is 0 Å². The molecule has 16 nitrogen and oxygen atoms in total. The van der Waals surface area contributed by atoms with Gasteiger partial charge in [-0.3, -0.25) is 14.4 Å².